The van der Waals surface area contributed by atoms with Crippen molar-refractivity contribution in [3.63, 3.8) is 0 Å². The Balaban J connectivity index is 1.37. The average Bonchev–Trinajstić information content (AvgIpc) is 3.97. The van der Waals surface area contributed by atoms with E-state index in [2.05, 4.69) is 5.32 Å². The van der Waals surface area contributed by atoms with E-state index in [-0.39, 0.29) is 53.7 Å². The highest BCUT2D eigenvalue weighted by Crippen LogP contribution is 2.49. The third-order valence-corrected chi connectivity index (χ3v) is 14.3. The molecule has 3 saturated heterocycles. The van der Waals surface area contributed by atoms with Crippen molar-refractivity contribution >= 4 is 64.7 Å². The zero-order valence-electron chi connectivity index (χ0n) is 38.8. The number of carbonyl (C=O) groups is 6. The van der Waals surface area contributed by atoms with Crippen LogP contribution in [0.3, 0.4) is 0 Å². The predicted molar refractivity (Wildman–Crippen MR) is 245 cm³/mol. The van der Waals surface area contributed by atoms with Gasteiger partial charge in [-0.05, 0) is 64.2 Å². The summed E-state index contributed by atoms with van der Waals surface area (Å²) >= 11 is 8.27. The van der Waals surface area contributed by atoms with E-state index in [4.69, 9.17) is 41.0 Å². The number of amides is 5. The number of primary amides is 1. The minimum atomic E-state index is -1.86. The van der Waals surface area contributed by atoms with Crippen LogP contribution in [0.4, 0.5) is 10.5 Å². The summed E-state index contributed by atoms with van der Waals surface area (Å²) < 4.78 is 30.0. The van der Waals surface area contributed by atoms with Gasteiger partial charge in [0.1, 0.15) is 40.7 Å². The maximum atomic E-state index is 14.4. The minimum Gasteiger partial charge on any atom is -0.492 e. The summed E-state index contributed by atoms with van der Waals surface area (Å²) in [5.41, 5.74) is 4.40. The lowest BCUT2D eigenvalue weighted by Gasteiger charge is -2.42. The number of rotatable bonds is 14. The molecule has 4 aliphatic rings. The van der Waals surface area contributed by atoms with E-state index in [9.17, 15) is 33.9 Å². The lowest BCUT2D eigenvalue weighted by molar-refractivity contribution is -0.162. The van der Waals surface area contributed by atoms with Gasteiger partial charge in [-0.25, -0.2) is 9.59 Å². The first-order valence-electron chi connectivity index (χ1n) is 22.3. The van der Waals surface area contributed by atoms with E-state index in [0.717, 1.165) is 24.0 Å². The molecule has 0 aromatic heterocycles. The molecule has 4 N–H and O–H groups in total. The number of hydrogen-bond acceptors (Lipinski definition) is 13. The van der Waals surface area contributed by atoms with Gasteiger partial charge in [0.25, 0.3) is 0 Å². The van der Waals surface area contributed by atoms with Crippen molar-refractivity contribution in [1.29, 1.82) is 0 Å². The molecule has 5 rings (SSSR count). The number of nitrogens with zero attached hydrogens (tertiary/aromatic N) is 3. The van der Waals surface area contributed by atoms with Gasteiger partial charge in [-0.2, -0.15) is 11.8 Å². The van der Waals surface area contributed by atoms with Crippen LogP contribution in [0.25, 0.3) is 0 Å². The number of piperidine rings is 1. The number of methoxy groups -OCH3 is 1. The fourth-order valence-electron chi connectivity index (χ4n) is 8.50. The maximum Gasteiger partial charge on any atom is 0.409 e. The number of halogens is 1. The minimum absolute atomic E-state index is 0.0449. The Morgan fingerprint density at radius 2 is 1.89 bits per heavy atom. The van der Waals surface area contributed by atoms with Crippen LogP contribution in [0.2, 0.25) is 5.02 Å². The summed E-state index contributed by atoms with van der Waals surface area (Å²) in [5, 5.41) is 14.6. The highest BCUT2D eigenvalue weighted by Gasteiger charge is 2.64. The molecule has 0 spiro atoms. The maximum absolute atomic E-state index is 14.4. The van der Waals surface area contributed by atoms with Crippen LogP contribution in [0.5, 0.6) is 5.75 Å². The molecule has 0 aliphatic carbocycles. The summed E-state index contributed by atoms with van der Waals surface area (Å²) in [6.45, 7) is 10.3. The Bertz CT molecular complexity index is 2000. The highest BCUT2D eigenvalue weighted by molar-refractivity contribution is 7.99. The second-order valence-corrected chi connectivity index (χ2v) is 19.2. The van der Waals surface area contributed by atoms with Crippen molar-refractivity contribution in [3.05, 3.63) is 46.5 Å². The van der Waals surface area contributed by atoms with E-state index >= 15 is 0 Å². The number of anilines is 1. The number of carbonyl (C=O) groups excluding carboxylic acids is 6. The molecule has 4 aliphatic heterocycles. The number of nitrogens with one attached hydrogen (secondary N) is 1. The molecular formula is C46H66ClN5O12S. The van der Waals surface area contributed by atoms with Crippen molar-refractivity contribution in [2.24, 2.45) is 17.6 Å². The van der Waals surface area contributed by atoms with Crippen molar-refractivity contribution in [2.45, 2.75) is 128 Å². The van der Waals surface area contributed by atoms with Gasteiger partial charge in [-0.15, -0.1) is 0 Å². The highest BCUT2D eigenvalue weighted by atomic mass is 35.5. The van der Waals surface area contributed by atoms with Crippen molar-refractivity contribution in [2.75, 3.05) is 57.3 Å². The van der Waals surface area contributed by atoms with Gasteiger partial charge < -0.3 is 49.2 Å². The third kappa shape index (κ3) is 12.8. The normalized spacial score (nSPS) is 29.3. The Morgan fingerprint density at radius 1 is 1.18 bits per heavy atom. The first-order valence-corrected chi connectivity index (χ1v) is 23.8. The number of unbranched alkanes of at least 4 members (excludes halogenated alkanes) is 1. The van der Waals surface area contributed by atoms with Gasteiger partial charge in [0.05, 0.1) is 30.6 Å². The summed E-state index contributed by atoms with van der Waals surface area (Å²) in [6.07, 6.45) is 3.46. The van der Waals surface area contributed by atoms with Crippen LogP contribution >= 0.6 is 23.4 Å². The lowest BCUT2D eigenvalue weighted by atomic mass is 9.83. The number of nitrogens with two attached hydrogens (primary N) is 1. The smallest absolute Gasteiger partial charge is 0.409 e. The molecule has 0 saturated carbocycles. The Hall–Kier alpha value is -4.36. The number of esters is 1. The monoisotopic (exact) mass is 947 g/mol. The zero-order valence-corrected chi connectivity index (χ0v) is 40.3. The quantitative estimate of drug-likeness (QED) is 0.133. The van der Waals surface area contributed by atoms with Gasteiger partial charge in [-0.3, -0.25) is 24.5 Å². The van der Waals surface area contributed by atoms with E-state index in [1.165, 1.54) is 42.6 Å². The number of ether oxygens (including phenoxy) is 5. The standard InChI is InChI=1S/C46H66ClN5O12S/c1-9-10-19-61-33-23-30-21-27(2)12-11-13-35(60-8)46(59)25-34(62-44(58)49-46)28(3)41-45(5,64-41)36(24-38(54)51(7)32(22-30)40(33)47)63-43(57)29(4)50(6)37(53)16-20-65-26-39(55)52-17-14-31(15-18-52)42(48)56/h11-13,22-23,28-29,31,34-36,41,59H,9-10,14-21,24-26H2,1-8H3,(H2,48,56)(H,49,58)/b13-11+,27-12+/t28-,29-,34+,35?,36+,41+,45+,46+/m1/s1. The molecule has 1 unspecified atom stereocenters. The first-order chi connectivity index (χ1) is 30.7. The number of allylic oxidation sites excluding steroid dienone is 3. The molecule has 19 heteroatoms. The molecule has 0 radical (unpaired) electrons. The summed E-state index contributed by atoms with van der Waals surface area (Å²) in [5.74, 6) is -1.92. The van der Waals surface area contributed by atoms with Gasteiger partial charge in [0.15, 0.2) is 5.72 Å². The summed E-state index contributed by atoms with van der Waals surface area (Å²) in [7, 11) is 4.49. The molecule has 4 bridgehead atoms. The SMILES string of the molecule is CCCCOc1cc2cc(c1Cl)N(C)C(=O)C[C@H](OC(=O)[C@@H](C)N(C)C(=O)CCSCC(=O)N1CCC(C(N)=O)CC1)[C@]1(C)O[C@H]1[C@H](C)[C@@H]1C[C@@](O)(NC(=O)O1)C(OC)/C=C/C=C(\C)C2. The number of hydrogen-bond donors (Lipinski definition) is 3. The molecule has 17 nitrogen and oxygen atoms in total. The van der Waals surface area contributed by atoms with Gasteiger partial charge in [-0.1, -0.05) is 55.7 Å². The fraction of sp³-hybridized carbons (Fsp3) is 0.652. The fourth-order valence-corrected chi connectivity index (χ4v) is 9.61. The second-order valence-electron chi connectivity index (χ2n) is 17.8. The van der Waals surface area contributed by atoms with Gasteiger partial charge in [0, 0.05) is 64.7 Å². The molecule has 3 fully saturated rings. The molecule has 1 aromatic carbocycles. The number of epoxide rings is 1. The van der Waals surface area contributed by atoms with Crippen LogP contribution in [0.15, 0.2) is 35.9 Å². The molecule has 1 aromatic rings. The molecular weight excluding hydrogens is 882 g/mol. The van der Waals surface area contributed by atoms with E-state index in [1.54, 1.807) is 37.9 Å². The van der Waals surface area contributed by atoms with Crippen LogP contribution in [0, 0.1) is 11.8 Å². The Labute approximate surface area is 391 Å². The van der Waals surface area contributed by atoms with E-state index < -0.39 is 65.7 Å². The number of likely N-dealkylation sites (tertiary alicyclic amines) is 1. The average molecular weight is 949 g/mol. The van der Waals surface area contributed by atoms with Gasteiger partial charge >= 0.3 is 12.1 Å². The van der Waals surface area contributed by atoms with Crippen LogP contribution in [-0.4, -0.2) is 145 Å². The third-order valence-electron chi connectivity index (χ3n) is 13.0. The lowest BCUT2D eigenvalue weighted by Crippen LogP contribution is -2.63. The van der Waals surface area contributed by atoms with E-state index in [0.29, 0.717) is 56.1 Å². The molecule has 360 valence electrons. The Kier molecular flexibility index (Phi) is 17.8. The number of aliphatic hydroxyl groups is 1. The van der Waals surface area contributed by atoms with Crippen LogP contribution < -0.4 is 20.7 Å². The predicted octanol–water partition coefficient (Wildman–Crippen LogP) is 4.53. The number of fused-ring (bicyclic) bond motifs is 5. The van der Waals surface area contributed by atoms with Crippen LogP contribution in [-0.2, 0) is 49.3 Å². The molecule has 4 heterocycles. The van der Waals surface area contributed by atoms with Crippen molar-refractivity contribution in [3.8, 4) is 5.75 Å². The molecule has 65 heavy (non-hydrogen) atoms. The Morgan fingerprint density at radius 3 is 2.55 bits per heavy atom. The first kappa shape index (κ1) is 51.6. The van der Waals surface area contributed by atoms with Crippen LogP contribution in [0.1, 0.15) is 85.1 Å². The summed E-state index contributed by atoms with van der Waals surface area (Å²) in [6, 6.07) is 2.58. The largest absolute Gasteiger partial charge is 0.492 e. The number of alkyl carbamates (subject to hydrolysis) is 1. The van der Waals surface area contributed by atoms with E-state index in [1.807, 2.05) is 32.1 Å². The zero-order chi connectivity index (χ0) is 47.8. The number of benzene rings is 1. The number of thioether (sulfide) groups is 1. The molecule has 8 atom stereocenters. The summed E-state index contributed by atoms with van der Waals surface area (Å²) in [4.78, 5) is 83.4. The van der Waals surface area contributed by atoms with Crippen molar-refractivity contribution < 1.29 is 57.6 Å². The number of likely N-dealkylation sites (N-methyl/N-ethyl adjacent to an activating group) is 1. The topological polar surface area (TPSA) is 220 Å². The molecule has 5 amide bonds. The van der Waals surface area contributed by atoms with Crippen molar-refractivity contribution in [1.82, 2.24) is 15.1 Å². The second kappa shape index (κ2) is 22.4. The van der Waals surface area contributed by atoms with Gasteiger partial charge in [0.2, 0.25) is 23.6 Å².